The molecule has 0 N–H and O–H groups in total. The predicted molar refractivity (Wildman–Crippen MR) is 89.6 cm³/mol. The van der Waals surface area contributed by atoms with E-state index in [1.807, 2.05) is 12.1 Å². The van der Waals surface area contributed by atoms with Crippen LogP contribution in [0, 0.1) is 6.92 Å². The third kappa shape index (κ3) is 3.16. The average Bonchev–Trinajstić information content (AvgIpc) is 2.50. The van der Waals surface area contributed by atoms with Gasteiger partial charge in [0.1, 0.15) is 0 Å². The smallest absolute Gasteiger partial charge is 0.0158 e. The normalized spacial score (nSPS) is 11.8. The van der Waals surface area contributed by atoms with E-state index in [9.17, 15) is 0 Å². The van der Waals surface area contributed by atoms with Gasteiger partial charge >= 0.3 is 0 Å². The summed E-state index contributed by atoms with van der Waals surface area (Å²) < 4.78 is 0. The minimum absolute atomic E-state index is 1.22. The number of benzene rings is 2. The summed E-state index contributed by atoms with van der Waals surface area (Å²) in [6, 6.07) is 17.1. The third-order valence-electron chi connectivity index (χ3n) is 3.37. The fraction of sp³-hybridized carbons (Fsp3) is 0.100. The first-order chi connectivity index (χ1) is 9.76. The van der Waals surface area contributed by atoms with Gasteiger partial charge in [0.25, 0.3) is 0 Å². The molecule has 20 heavy (non-hydrogen) atoms. The van der Waals surface area contributed by atoms with E-state index in [-0.39, 0.29) is 0 Å². The summed E-state index contributed by atoms with van der Waals surface area (Å²) in [5.74, 6) is 0. The first-order valence-corrected chi connectivity index (χ1v) is 6.88. The Balaban J connectivity index is 2.40. The van der Waals surface area contributed by atoms with Gasteiger partial charge in [0.05, 0.1) is 0 Å². The van der Waals surface area contributed by atoms with Crippen molar-refractivity contribution in [2.45, 2.75) is 13.8 Å². The van der Waals surface area contributed by atoms with Gasteiger partial charge in [-0.1, -0.05) is 79.4 Å². The van der Waals surface area contributed by atoms with Crippen molar-refractivity contribution in [1.82, 2.24) is 0 Å². The Hall–Kier alpha value is -2.34. The molecule has 0 atom stereocenters. The molecule has 0 aliphatic carbocycles. The third-order valence-corrected chi connectivity index (χ3v) is 3.37. The number of rotatable bonds is 4. The van der Waals surface area contributed by atoms with Crippen molar-refractivity contribution in [2.24, 2.45) is 0 Å². The van der Waals surface area contributed by atoms with Crippen molar-refractivity contribution in [2.75, 3.05) is 0 Å². The highest BCUT2D eigenvalue weighted by Gasteiger charge is 2.04. The van der Waals surface area contributed by atoms with Crippen LogP contribution in [0.25, 0.3) is 16.7 Å². The van der Waals surface area contributed by atoms with E-state index in [1.165, 1.54) is 27.8 Å². The fourth-order valence-corrected chi connectivity index (χ4v) is 2.31. The second kappa shape index (κ2) is 6.72. The Morgan fingerprint density at radius 2 is 1.75 bits per heavy atom. The van der Waals surface area contributed by atoms with Crippen LogP contribution in [0.4, 0.5) is 0 Å². The fourth-order valence-electron chi connectivity index (χ4n) is 2.31. The first kappa shape index (κ1) is 14.1. The van der Waals surface area contributed by atoms with Crippen LogP contribution in [-0.2, 0) is 0 Å². The van der Waals surface area contributed by atoms with E-state index < -0.39 is 0 Å². The molecular weight excluding hydrogens is 240 g/mol. The van der Waals surface area contributed by atoms with E-state index in [2.05, 4.69) is 75.0 Å². The molecule has 0 aliphatic rings. The largest absolute Gasteiger partial charge is 0.0991 e. The lowest BCUT2D eigenvalue weighted by atomic mass is 9.95. The molecule has 0 unspecified atom stereocenters. The highest BCUT2D eigenvalue weighted by Crippen LogP contribution is 2.26. The summed E-state index contributed by atoms with van der Waals surface area (Å²) in [7, 11) is 0. The monoisotopic (exact) mass is 260 g/mol. The van der Waals surface area contributed by atoms with Crippen LogP contribution in [0.5, 0.6) is 0 Å². The molecule has 2 aromatic rings. The summed E-state index contributed by atoms with van der Waals surface area (Å²) >= 11 is 0. The Bertz CT molecular complexity index is 643. The maximum absolute atomic E-state index is 3.72. The molecule has 0 saturated heterocycles. The van der Waals surface area contributed by atoms with E-state index >= 15 is 0 Å². The quantitative estimate of drug-likeness (QED) is 0.609. The van der Waals surface area contributed by atoms with Crippen LogP contribution in [0.2, 0.25) is 0 Å². The van der Waals surface area contributed by atoms with Gasteiger partial charge in [0, 0.05) is 0 Å². The highest BCUT2D eigenvalue weighted by molar-refractivity contribution is 5.78. The van der Waals surface area contributed by atoms with Crippen LogP contribution >= 0.6 is 0 Å². The second-order valence-electron chi connectivity index (χ2n) is 4.73. The molecule has 0 spiro atoms. The van der Waals surface area contributed by atoms with Gasteiger partial charge in [0.15, 0.2) is 0 Å². The molecule has 0 nitrogen and oxygen atoms in total. The lowest BCUT2D eigenvalue weighted by molar-refractivity contribution is 1.42. The van der Waals surface area contributed by atoms with Gasteiger partial charge in [-0.25, -0.2) is 0 Å². The molecule has 0 fully saturated rings. The van der Waals surface area contributed by atoms with Gasteiger partial charge < -0.3 is 0 Å². The van der Waals surface area contributed by atoms with Crippen LogP contribution in [0.1, 0.15) is 18.1 Å². The van der Waals surface area contributed by atoms with Crippen LogP contribution < -0.4 is 0 Å². The van der Waals surface area contributed by atoms with Crippen molar-refractivity contribution in [3.05, 3.63) is 90.5 Å². The molecule has 0 bridgehead atoms. The molecule has 0 aromatic heterocycles. The van der Waals surface area contributed by atoms with E-state index in [4.69, 9.17) is 0 Å². The van der Waals surface area contributed by atoms with E-state index in [0.29, 0.717) is 0 Å². The average molecular weight is 260 g/mol. The Morgan fingerprint density at radius 3 is 2.35 bits per heavy atom. The molecule has 2 aromatic carbocycles. The maximum atomic E-state index is 3.72. The standard InChI is InChI=1S/C20H20/c1-4-6-10-17(5-2)20-14-13-19(15-16(20)3)18-11-8-7-9-12-18/h4-15H,1H2,2-3H3. The van der Waals surface area contributed by atoms with Crippen molar-refractivity contribution in [3.8, 4) is 11.1 Å². The SMILES string of the molecule is C=CC=CC(=CC)c1ccc(-c2ccccc2)cc1C. The highest BCUT2D eigenvalue weighted by atomic mass is 14.1. The zero-order chi connectivity index (χ0) is 14.4. The summed E-state index contributed by atoms with van der Waals surface area (Å²) in [5, 5.41) is 0. The zero-order valence-electron chi connectivity index (χ0n) is 12.1. The van der Waals surface area contributed by atoms with Crippen molar-refractivity contribution >= 4 is 5.57 Å². The lowest BCUT2D eigenvalue weighted by Crippen LogP contribution is -1.88. The van der Waals surface area contributed by atoms with Gasteiger partial charge in [-0.2, -0.15) is 0 Å². The summed E-state index contributed by atoms with van der Waals surface area (Å²) in [6.07, 6.45) is 8.00. The van der Waals surface area contributed by atoms with Crippen LogP contribution in [0.15, 0.2) is 79.4 Å². The van der Waals surface area contributed by atoms with Crippen LogP contribution in [0.3, 0.4) is 0 Å². The molecule has 0 radical (unpaired) electrons. The number of allylic oxidation sites excluding steroid dienone is 5. The first-order valence-electron chi connectivity index (χ1n) is 6.88. The molecular formula is C20H20. The Labute approximate surface area is 121 Å². The lowest BCUT2D eigenvalue weighted by Gasteiger charge is -2.10. The molecule has 0 amide bonds. The van der Waals surface area contributed by atoms with Crippen molar-refractivity contribution in [3.63, 3.8) is 0 Å². The zero-order valence-corrected chi connectivity index (χ0v) is 12.1. The number of hydrogen-bond donors (Lipinski definition) is 0. The van der Waals surface area contributed by atoms with Gasteiger partial charge in [-0.15, -0.1) is 0 Å². The Kier molecular flexibility index (Phi) is 4.73. The van der Waals surface area contributed by atoms with Gasteiger partial charge in [-0.05, 0) is 41.7 Å². The molecule has 0 heteroatoms. The number of hydrogen-bond acceptors (Lipinski definition) is 0. The molecule has 0 saturated carbocycles. The summed E-state index contributed by atoms with van der Waals surface area (Å²) in [5.41, 5.74) is 6.29. The minimum Gasteiger partial charge on any atom is -0.0991 e. The molecule has 2 rings (SSSR count). The van der Waals surface area contributed by atoms with Crippen molar-refractivity contribution in [1.29, 1.82) is 0 Å². The van der Waals surface area contributed by atoms with Gasteiger partial charge in [-0.3, -0.25) is 0 Å². The summed E-state index contributed by atoms with van der Waals surface area (Å²) in [4.78, 5) is 0. The topological polar surface area (TPSA) is 0 Å². The van der Waals surface area contributed by atoms with Crippen LogP contribution in [-0.4, -0.2) is 0 Å². The second-order valence-corrected chi connectivity index (χ2v) is 4.73. The van der Waals surface area contributed by atoms with E-state index in [1.54, 1.807) is 6.08 Å². The maximum Gasteiger partial charge on any atom is -0.0158 e. The van der Waals surface area contributed by atoms with E-state index in [0.717, 1.165) is 0 Å². The molecule has 0 aliphatic heterocycles. The summed E-state index contributed by atoms with van der Waals surface area (Å²) in [6.45, 7) is 7.95. The van der Waals surface area contributed by atoms with Gasteiger partial charge in [0.2, 0.25) is 0 Å². The predicted octanol–water partition coefficient (Wildman–Crippen LogP) is 5.81. The molecule has 100 valence electrons. The Morgan fingerprint density at radius 1 is 1.00 bits per heavy atom. The van der Waals surface area contributed by atoms with Crippen molar-refractivity contribution < 1.29 is 0 Å². The minimum atomic E-state index is 1.22. The number of aryl methyl sites for hydroxylation is 1. The molecule has 0 heterocycles.